The van der Waals surface area contributed by atoms with Gasteiger partial charge in [-0.15, -0.1) is 0 Å². The van der Waals surface area contributed by atoms with Gasteiger partial charge in [-0.25, -0.2) is 9.37 Å². The lowest BCUT2D eigenvalue weighted by Gasteiger charge is -2.32. The molecule has 1 heterocycles. The Morgan fingerprint density at radius 3 is 2.84 bits per heavy atom. The molecule has 1 aliphatic rings. The highest BCUT2D eigenvalue weighted by atomic mass is 79.9. The van der Waals surface area contributed by atoms with Crippen molar-refractivity contribution in [2.75, 3.05) is 0 Å². The monoisotopic (exact) mass is 319 g/mol. The molecule has 1 aromatic heterocycles. The summed E-state index contributed by atoms with van der Waals surface area (Å²) < 4.78 is 14.6. The summed E-state index contributed by atoms with van der Waals surface area (Å²) in [6, 6.07) is 7.08. The molecule has 0 atom stereocenters. The Labute approximate surface area is 118 Å². The highest BCUT2D eigenvalue weighted by Crippen LogP contribution is 2.42. The van der Waals surface area contributed by atoms with Crippen molar-refractivity contribution in [2.45, 2.75) is 24.7 Å². The molecule has 1 fully saturated rings. The van der Waals surface area contributed by atoms with Gasteiger partial charge in [0.2, 0.25) is 0 Å². The van der Waals surface area contributed by atoms with Gasteiger partial charge in [0, 0.05) is 10.0 Å². The Balaban J connectivity index is 2.02. The van der Waals surface area contributed by atoms with E-state index in [1.165, 1.54) is 6.07 Å². The van der Waals surface area contributed by atoms with Crippen LogP contribution >= 0.6 is 15.9 Å². The minimum Gasteiger partial charge on any atom is -0.341 e. The second kappa shape index (κ2) is 4.46. The summed E-state index contributed by atoms with van der Waals surface area (Å²) in [4.78, 5) is 7.37. The third kappa shape index (κ3) is 1.96. The molecule has 1 saturated carbocycles. The molecule has 19 heavy (non-hydrogen) atoms. The van der Waals surface area contributed by atoms with Gasteiger partial charge in [0.15, 0.2) is 0 Å². The van der Waals surface area contributed by atoms with Gasteiger partial charge in [-0.2, -0.15) is 5.26 Å². The van der Waals surface area contributed by atoms with Crippen LogP contribution in [0.15, 0.2) is 28.9 Å². The molecule has 96 valence electrons. The van der Waals surface area contributed by atoms with Crippen molar-refractivity contribution < 1.29 is 4.39 Å². The maximum Gasteiger partial charge on any atom is 0.132 e. The number of imidazole rings is 1. The Kier molecular flexibility index (Phi) is 2.90. The highest BCUT2D eigenvalue weighted by Gasteiger charge is 2.41. The molecule has 1 N–H and O–H groups in total. The van der Waals surface area contributed by atoms with Crippen LogP contribution in [0, 0.1) is 17.1 Å². The van der Waals surface area contributed by atoms with Crippen LogP contribution in [0.5, 0.6) is 0 Å². The molecule has 0 radical (unpaired) electrons. The second-order valence-corrected chi connectivity index (χ2v) is 5.73. The lowest BCUT2D eigenvalue weighted by molar-refractivity contribution is 0.309. The molecule has 0 aliphatic heterocycles. The average molecular weight is 320 g/mol. The largest absolute Gasteiger partial charge is 0.341 e. The van der Waals surface area contributed by atoms with Crippen LogP contribution in [-0.2, 0) is 5.41 Å². The van der Waals surface area contributed by atoms with Gasteiger partial charge in [-0.05, 0) is 37.5 Å². The number of aromatic nitrogens is 2. The number of benzene rings is 1. The zero-order chi connectivity index (χ0) is 13.5. The van der Waals surface area contributed by atoms with Gasteiger partial charge in [0.25, 0.3) is 0 Å². The van der Waals surface area contributed by atoms with Crippen LogP contribution in [-0.4, -0.2) is 9.97 Å². The number of hydrogen-bond acceptors (Lipinski definition) is 2. The number of hydrogen-bond donors (Lipinski definition) is 1. The second-order valence-electron chi connectivity index (χ2n) is 4.82. The van der Waals surface area contributed by atoms with Crippen molar-refractivity contribution in [3.05, 3.63) is 40.5 Å². The fourth-order valence-corrected chi connectivity index (χ4v) is 2.70. The van der Waals surface area contributed by atoms with Crippen LogP contribution in [0.4, 0.5) is 4.39 Å². The first-order chi connectivity index (χ1) is 9.14. The minimum absolute atomic E-state index is 0.307. The molecular weight excluding hydrogens is 309 g/mol. The van der Waals surface area contributed by atoms with E-state index in [2.05, 4.69) is 32.0 Å². The van der Waals surface area contributed by atoms with Gasteiger partial charge in [0.1, 0.15) is 17.1 Å². The minimum atomic E-state index is -0.499. The Hall–Kier alpha value is -1.67. The normalized spacial score (nSPS) is 16.7. The van der Waals surface area contributed by atoms with Crippen LogP contribution in [0.3, 0.4) is 0 Å². The molecule has 0 saturated heterocycles. The van der Waals surface area contributed by atoms with Gasteiger partial charge >= 0.3 is 0 Å². The molecule has 3 rings (SSSR count). The van der Waals surface area contributed by atoms with Gasteiger partial charge in [-0.1, -0.05) is 15.9 Å². The van der Waals surface area contributed by atoms with E-state index in [1.54, 1.807) is 18.3 Å². The maximum atomic E-state index is 13.8. The lowest BCUT2D eigenvalue weighted by atomic mass is 9.69. The SMILES string of the molecule is N#CC1(c2ncc(-c3cc(Br)ccc3F)[nH]2)CCC1. The van der Waals surface area contributed by atoms with E-state index >= 15 is 0 Å². The molecule has 0 spiro atoms. The molecule has 1 aliphatic carbocycles. The molecule has 0 amide bonds. The first kappa shape index (κ1) is 12.4. The van der Waals surface area contributed by atoms with E-state index in [9.17, 15) is 9.65 Å². The summed E-state index contributed by atoms with van der Waals surface area (Å²) >= 11 is 3.33. The van der Waals surface area contributed by atoms with Crippen molar-refractivity contribution in [2.24, 2.45) is 0 Å². The first-order valence-electron chi connectivity index (χ1n) is 6.07. The average Bonchev–Trinajstić information content (AvgIpc) is 2.81. The van der Waals surface area contributed by atoms with Crippen molar-refractivity contribution in [3.8, 4) is 17.3 Å². The number of nitrogens with one attached hydrogen (secondary N) is 1. The highest BCUT2D eigenvalue weighted by molar-refractivity contribution is 9.10. The number of nitrogens with zero attached hydrogens (tertiary/aromatic N) is 2. The van der Waals surface area contributed by atoms with Crippen molar-refractivity contribution in [3.63, 3.8) is 0 Å². The van der Waals surface area contributed by atoms with Gasteiger partial charge in [-0.3, -0.25) is 0 Å². The fraction of sp³-hybridized carbons (Fsp3) is 0.286. The summed E-state index contributed by atoms with van der Waals surface area (Å²) in [5.74, 6) is 0.341. The zero-order valence-electron chi connectivity index (χ0n) is 10.1. The molecule has 5 heteroatoms. The van der Waals surface area contributed by atoms with Crippen LogP contribution < -0.4 is 0 Å². The quantitative estimate of drug-likeness (QED) is 0.912. The van der Waals surface area contributed by atoms with E-state index in [0.29, 0.717) is 17.1 Å². The predicted octanol–water partition coefficient (Wildman–Crippen LogP) is 3.92. The fourth-order valence-electron chi connectivity index (χ4n) is 2.34. The molecule has 2 aromatic rings. The lowest BCUT2D eigenvalue weighted by Crippen LogP contribution is -2.33. The van der Waals surface area contributed by atoms with E-state index in [4.69, 9.17) is 0 Å². The van der Waals surface area contributed by atoms with Gasteiger partial charge in [0.05, 0.1) is 18.0 Å². The predicted molar refractivity (Wildman–Crippen MR) is 72.8 cm³/mol. The number of H-pyrrole nitrogens is 1. The Bertz CT molecular complexity index is 668. The Morgan fingerprint density at radius 2 is 2.21 bits per heavy atom. The summed E-state index contributed by atoms with van der Waals surface area (Å²) in [6.45, 7) is 0. The standard InChI is InChI=1S/C14H11BrFN3/c15-9-2-3-11(16)10(6-9)12-7-18-13(19-12)14(8-17)4-1-5-14/h2-3,6-7H,1,4-5H2,(H,18,19). The summed E-state index contributed by atoms with van der Waals surface area (Å²) in [6.07, 6.45) is 4.27. The van der Waals surface area contributed by atoms with E-state index in [-0.39, 0.29) is 5.82 Å². The zero-order valence-corrected chi connectivity index (χ0v) is 11.7. The number of rotatable bonds is 2. The van der Waals surface area contributed by atoms with E-state index in [0.717, 1.165) is 23.7 Å². The Morgan fingerprint density at radius 1 is 1.42 bits per heavy atom. The smallest absolute Gasteiger partial charge is 0.132 e. The van der Waals surface area contributed by atoms with Crippen molar-refractivity contribution in [1.82, 2.24) is 9.97 Å². The van der Waals surface area contributed by atoms with Crippen molar-refractivity contribution >= 4 is 15.9 Å². The molecule has 3 nitrogen and oxygen atoms in total. The first-order valence-corrected chi connectivity index (χ1v) is 6.86. The maximum absolute atomic E-state index is 13.8. The van der Waals surface area contributed by atoms with Crippen LogP contribution in [0.25, 0.3) is 11.3 Å². The van der Waals surface area contributed by atoms with Crippen LogP contribution in [0.2, 0.25) is 0 Å². The molecule has 0 bridgehead atoms. The van der Waals surface area contributed by atoms with Crippen LogP contribution in [0.1, 0.15) is 25.1 Å². The molecular formula is C14H11BrFN3. The summed E-state index contributed by atoms with van der Waals surface area (Å²) in [5.41, 5.74) is 0.566. The van der Waals surface area contributed by atoms with Gasteiger partial charge < -0.3 is 4.98 Å². The van der Waals surface area contributed by atoms with Crippen molar-refractivity contribution in [1.29, 1.82) is 5.26 Å². The topological polar surface area (TPSA) is 52.5 Å². The summed E-state index contributed by atoms with van der Waals surface area (Å²) in [7, 11) is 0. The molecule has 1 aromatic carbocycles. The summed E-state index contributed by atoms with van der Waals surface area (Å²) in [5, 5.41) is 9.28. The number of halogens is 2. The number of nitriles is 1. The van der Waals surface area contributed by atoms with E-state index in [1.807, 2.05) is 0 Å². The van der Waals surface area contributed by atoms with E-state index < -0.39 is 5.41 Å². The number of aromatic amines is 1. The third-order valence-electron chi connectivity index (χ3n) is 3.67. The third-order valence-corrected chi connectivity index (χ3v) is 4.16. The molecule has 0 unspecified atom stereocenters.